The van der Waals surface area contributed by atoms with Gasteiger partial charge in [-0.2, -0.15) is 0 Å². The molecule has 0 aliphatic heterocycles. The summed E-state index contributed by atoms with van der Waals surface area (Å²) in [7, 11) is 0. The number of fused-ring (bicyclic) bond motifs is 6. The first kappa shape index (κ1) is 32.8. The van der Waals surface area contributed by atoms with Crippen molar-refractivity contribution >= 4 is 60.9 Å². The predicted octanol–water partition coefficient (Wildman–Crippen LogP) is 15.6. The minimum absolute atomic E-state index is 0.836. The third-order valence-corrected chi connectivity index (χ3v) is 11.1. The summed E-state index contributed by atoms with van der Waals surface area (Å²) in [6.45, 7) is 0. The molecule has 0 atom stereocenters. The molecule has 57 heavy (non-hydrogen) atoms. The number of nitrogens with zero attached hydrogens (tertiary/aromatic N) is 1. The van der Waals surface area contributed by atoms with E-state index in [1.807, 2.05) is 18.2 Å². The number of hydrogen-bond donors (Lipinski definition) is 0. The van der Waals surface area contributed by atoms with Crippen LogP contribution < -0.4 is 4.90 Å². The summed E-state index contributed by atoms with van der Waals surface area (Å²) >= 11 is 0. The van der Waals surface area contributed by atoms with Crippen LogP contribution >= 0.6 is 0 Å². The van der Waals surface area contributed by atoms with Crippen molar-refractivity contribution in [3.63, 3.8) is 0 Å². The molecule has 0 saturated carbocycles. The van der Waals surface area contributed by atoms with E-state index in [0.717, 1.165) is 105 Å². The van der Waals surface area contributed by atoms with Crippen molar-refractivity contribution in [1.82, 2.24) is 0 Å². The van der Waals surface area contributed by atoms with Gasteiger partial charge in [0.05, 0.1) is 5.69 Å². The van der Waals surface area contributed by atoms with Crippen LogP contribution in [0.4, 0.5) is 17.1 Å². The zero-order valence-electron chi connectivity index (χ0n) is 31.0. The highest BCUT2D eigenvalue weighted by Crippen LogP contribution is 2.49. The van der Waals surface area contributed by atoms with E-state index < -0.39 is 0 Å². The van der Waals surface area contributed by atoms with E-state index in [9.17, 15) is 0 Å². The number of furan rings is 2. The Morgan fingerprint density at radius 1 is 0.281 bits per heavy atom. The predicted molar refractivity (Wildman–Crippen MR) is 237 cm³/mol. The van der Waals surface area contributed by atoms with Gasteiger partial charge in [-0.3, -0.25) is 0 Å². The molecule has 0 N–H and O–H groups in total. The lowest BCUT2D eigenvalue weighted by molar-refractivity contribution is 0.668. The van der Waals surface area contributed by atoms with Crippen molar-refractivity contribution in [2.75, 3.05) is 4.90 Å². The van der Waals surface area contributed by atoms with E-state index in [2.05, 4.69) is 199 Å². The number of para-hydroxylation sites is 2. The molecule has 0 saturated heterocycles. The van der Waals surface area contributed by atoms with Crippen LogP contribution in [0.15, 0.2) is 221 Å². The minimum atomic E-state index is 0.836. The fourth-order valence-corrected chi connectivity index (χ4v) is 8.30. The van der Waals surface area contributed by atoms with E-state index in [0.29, 0.717) is 0 Å². The lowest BCUT2D eigenvalue weighted by Crippen LogP contribution is -2.12. The first-order valence-electron chi connectivity index (χ1n) is 19.3. The summed E-state index contributed by atoms with van der Waals surface area (Å²) < 4.78 is 13.2. The number of benzene rings is 9. The van der Waals surface area contributed by atoms with Crippen molar-refractivity contribution in [2.45, 2.75) is 0 Å². The number of hydrogen-bond acceptors (Lipinski definition) is 3. The summed E-state index contributed by atoms with van der Waals surface area (Å²) in [5, 5.41) is 4.42. The summed E-state index contributed by atoms with van der Waals surface area (Å²) in [6.07, 6.45) is 0. The summed E-state index contributed by atoms with van der Waals surface area (Å²) in [4.78, 5) is 2.39. The maximum Gasteiger partial charge on any atom is 0.160 e. The molecule has 11 aromatic rings. The second-order valence-corrected chi connectivity index (χ2v) is 14.5. The van der Waals surface area contributed by atoms with Gasteiger partial charge >= 0.3 is 0 Å². The molecule has 9 aromatic carbocycles. The van der Waals surface area contributed by atoms with Crippen LogP contribution in [0.25, 0.3) is 88.4 Å². The highest BCUT2D eigenvalue weighted by atomic mass is 16.3. The summed E-state index contributed by atoms with van der Waals surface area (Å²) in [5.74, 6) is 0. The normalized spacial score (nSPS) is 11.5. The highest BCUT2D eigenvalue weighted by Gasteiger charge is 2.25. The summed E-state index contributed by atoms with van der Waals surface area (Å²) in [5.41, 5.74) is 15.5. The topological polar surface area (TPSA) is 29.5 Å². The SMILES string of the molecule is c1ccc(-c2cc(-c3ccccc3)cc(N(c3ccc(-c4ccc5c(c4)oc4ccccc45)cc3)c3c(-c4ccccc4)ccc4c3oc3ccccc34)c2)cc1. The van der Waals surface area contributed by atoms with Crippen molar-refractivity contribution in [1.29, 1.82) is 0 Å². The van der Waals surface area contributed by atoms with E-state index in [1.54, 1.807) is 0 Å². The van der Waals surface area contributed by atoms with Gasteiger partial charge in [0, 0.05) is 38.5 Å². The van der Waals surface area contributed by atoms with E-state index >= 15 is 0 Å². The second-order valence-electron chi connectivity index (χ2n) is 14.5. The average Bonchev–Trinajstić information content (AvgIpc) is 3.86. The molecule has 3 heteroatoms. The third-order valence-electron chi connectivity index (χ3n) is 11.1. The Morgan fingerprint density at radius 2 is 0.772 bits per heavy atom. The van der Waals surface area contributed by atoms with Gasteiger partial charge in [0.1, 0.15) is 16.7 Å². The molecule has 0 fully saturated rings. The summed E-state index contributed by atoms with van der Waals surface area (Å²) in [6, 6.07) is 75.2. The standard InChI is InChI=1S/C54H35NO2/c1-4-14-36(15-5-1)41-32-42(37-16-6-2-7-17-37)34-44(33-41)55(43-27-24-38(25-28-43)40-26-29-48-46-20-10-12-22-50(46)56-52(48)35-40)53-45(39-18-8-3-9-19-39)30-31-49-47-21-11-13-23-51(47)57-54(49)53/h1-35H. The van der Waals surface area contributed by atoms with E-state index in [1.165, 1.54) is 0 Å². The van der Waals surface area contributed by atoms with Gasteiger partial charge in [0.15, 0.2) is 5.58 Å². The first-order valence-corrected chi connectivity index (χ1v) is 19.3. The zero-order valence-corrected chi connectivity index (χ0v) is 31.0. The Hall–Kier alpha value is -7.62. The zero-order chi connectivity index (χ0) is 37.7. The van der Waals surface area contributed by atoms with Crippen molar-refractivity contribution in [3.05, 3.63) is 212 Å². The maximum atomic E-state index is 6.91. The molecule has 11 rings (SSSR count). The van der Waals surface area contributed by atoms with Gasteiger partial charge in [-0.25, -0.2) is 0 Å². The Morgan fingerprint density at radius 3 is 1.42 bits per heavy atom. The molecule has 268 valence electrons. The highest BCUT2D eigenvalue weighted by molar-refractivity contribution is 6.14. The lowest BCUT2D eigenvalue weighted by Gasteiger charge is -2.29. The fourth-order valence-electron chi connectivity index (χ4n) is 8.30. The van der Waals surface area contributed by atoms with Crippen LogP contribution in [0.1, 0.15) is 0 Å². The van der Waals surface area contributed by atoms with Gasteiger partial charge in [-0.1, -0.05) is 152 Å². The minimum Gasteiger partial charge on any atom is -0.456 e. The van der Waals surface area contributed by atoms with Crippen LogP contribution in [0.3, 0.4) is 0 Å². The van der Waals surface area contributed by atoms with Gasteiger partial charge in [0.2, 0.25) is 0 Å². The fraction of sp³-hybridized carbons (Fsp3) is 0. The number of rotatable bonds is 7. The third kappa shape index (κ3) is 5.76. The number of anilines is 3. The molecule has 0 spiro atoms. The van der Waals surface area contributed by atoms with E-state index in [4.69, 9.17) is 8.83 Å². The van der Waals surface area contributed by atoms with Gasteiger partial charge in [-0.05, 0) is 99.6 Å². The lowest BCUT2D eigenvalue weighted by atomic mass is 9.95. The quantitative estimate of drug-likeness (QED) is 0.164. The maximum absolute atomic E-state index is 6.91. The Balaban J connectivity index is 1.17. The van der Waals surface area contributed by atoms with Crippen LogP contribution in [0, 0.1) is 0 Å². The molecule has 3 nitrogen and oxygen atoms in total. The van der Waals surface area contributed by atoms with Crippen molar-refractivity contribution in [3.8, 4) is 44.5 Å². The second kappa shape index (κ2) is 13.6. The van der Waals surface area contributed by atoms with Crippen LogP contribution in [0.2, 0.25) is 0 Å². The van der Waals surface area contributed by atoms with Crippen molar-refractivity contribution in [2.24, 2.45) is 0 Å². The van der Waals surface area contributed by atoms with Crippen molar-refractivity contribution < 1.29 is 8.83 Å². The van der Waals surface area contributed by atoms with Crippen LogP contribution in [0.5, 0.6) is 0 Å². The molecule has 0 aliphatic carbocycles. The monoisotopic (exact) mass is 729 g/mol. The van der Waals surface area contributed by atoms with Crippen LogP contribution in [-0.2, 0) is 0 Å². The molecular formula is C54H35NO2. The molecule has 0 radical (unpaired) electrons. The largest absolute Gasteiger partial charge is 0.456 e. The Kier molecular flexibility index (Phi) is 7.82. The van der Waals surface area contributed by atoms with E-state index in [-0.39, 0.29) is 0 Å². The van der Waals surface area contributed by atoms with Gasteiger partial charge < -0.3 is 13.7 Å². The molecule has 0 bridgehead atoms. The molecule has 2 aromatic heterocycles. The average molecular weight is 730 g/mol. The molecular weight excluding hydrogens is 695 g/mol. The van der Waals surface area contributed by atoms with Gasteiger partial charge in [-0.15, -0.1) is 0 Å². The Labute approximate surface area is 330 Å². The Bertz CT molecular complexity index is 3160. The molecule has 0 unspecified atom stereocenters. The first-order chi connectivity index (χ1) is 28.2. The van der Waals surface area contributed by atoms with Gasteiger partial charge in [0.25, 0.3) is 0 Å². The molecule has 2 heterocycles. The van der Waals surface area contributed by atoms with Crippen LogP contribution in [-0.4, -0.2) is 0 Å². The molecule has 0 aliphatic rings. The molecule has 0 amide bonds. The smallest absolute Gasteiger partial charge is 0.160 e.